The molecule has 2 amide bonds. The quantitative estimate of drug-likeness (QED) is 0.292. The lowest BCUT2D eigenvalue weighted by Gasteiger charge is -2.14. The molecule has 3 aromatic carbocycles. The van der Waals surface area contributed by atoms with E-state index in [2.05, 4.69) is 0 Å². The van der Waals surface area contributed by atoms with Gasteiger partial charge in [-0.15, -0.1) is 0 Å². The van der Waals surface area contributed by atoms with Crippen molar-refractivity contribution in [1.82, 2.24) is 4.90 Å². The van der Waals surface area contributed by atoms with Gasteiger partial charge in [0.15, 0.2) is 0 Å². The second-order valence-corrected chi connectivity index (χ2v) is 9.56. The maximum atomic E-state index is 12.9. The molecule has 1 N–H and O–H groups in total. The maximum absolute atomic E-state index is 12.9. The second-order valence-electron chi connectivity index (χ2n) is 6.24. The van der Waals surface area contributed by atoms with Crippen molar-refractivity contribution in [3.05, 3.63) is 77.8 Å². The normalized spacial score (nSPS) is 15.8. The first kappa shape index (κ1) is 19.7. The number of benzene rings is 3. The fourth-order valence-electron chi connectivity index (χ4n) is 3.06. The fourth-order valence-corrected chi connectivity index (χ4v) is 5.71. The summed E-state index contributed by atoms with van der Waals surface area (Å²) >= 11 is 5.04. The molecule has 0 saturated carbocycles. The number of phenolic OH excluding ortho intramolecular Hbond substituents is 1. The van der Waals surface area contributed by atoms with Crippen molar-refractivity contribution in [3.63, 3.8) is 0 Å². The summed E-state index contributed by atoms with van der Waals surface area (Å²) in [4.78, 5) is 27.0. The zero-order valence-electron chi connectivity index (χ0n) is 14.4. The van der Waals surface area contributed by atoms with Crippen molar-refractivity contribution >= 4 is 84.9 Å². The number of hydrogen-bond acceptors (Lipinski definition) is 4. The molecule has 0 atom stereocenters. The van der Waals surface area contributed by atoms with E-state index in [0.29, 0.717) is 12.0 Å². The van der Waals surface area contributed by atoms with E-state index >= 15 is 0 Å². The van der Waals surface area contributed by atoms with Gasteiger partial charge in [0.1, 0.15) is 5.75 Å². The topological polar surface area (TPSA) is 57.6 Å². The molecular formula is C21H13I2NO3S. The zero-order valence-corrected chi connectivity index (χ0v) is 19.5. The van der Waals surface area contributed by atoms with Gasteiger partial charge in [0.05, 0.1) is 18.6 Å². The Kier molecular flexibility index (Phi) is 5.66. The molecule has 7 heteroatoms. The number of carbonyl (C=O) groups excluding carboxylic acids is 2. The SMILES string of the molecule is O=C1S/C(=C/c2cc(I)c(O)c(I)c2)C(=O)N1Cc1cccc2ccccc12. The molecule has 0 bridgehead atoms. The Labute approximate surface area is 193 Å². The average molecular weight is 613 g/mol. The number of rotatable bonds is 3. The molecule has 4 rings (SSSR count). The van der Waals surface area contributed by atoms with E-state index in [1.165, 1.54) is 4.90 Å². The third kappa shape index (κ3) is 3.79. The van der Waals surface area contributed by atoms with E-state index in [1.807, 2.05) is 87.6 Å². The number of carbonyl (C=O) groups is 2. The average Bonchev–Trinajstić information content (AvgIpc) is 2.93. The molecule has 0 aliphatic carbocycles. The summed E-state index contributed by atoms with van der Waals surface area (Å²) in [6.45, 7) is 0.244. The highest BCUT2D eigenvalue weighted by atomic mass is 127. The molecule has 140 valence electrons. The van der Waals surface area contributed by atoms with Crippen molar-refractivity contribution in [3.8, 4) is 5.75 Å². The number of fused-ring (bicyclic) bond motifs is 1. The van der Waals surface area contributed by atoms with Crippen LogP contribution in [0.15, 0.2) is 59.5 Å². The van der Waals surface area contributed by atoms with Crippen LogP contribution in [0.25, 0.3) is 16.8 Å². The summed E-state index contributed by atoms with van der Waals surface area (Å²) in [5, 5.41) is 11.8. The molecule has 3 aromatic rings. The van der Waals surface area contributed by atoms with Gasteiger partial charge in [-0.05, 0) is 97.1 Å². The van der Waals surface area contributed by atoms with Gasteiger partial charge in [0, 0.05) is 0 Å². The van der Waals surface area contributed by atoms with E-state index in [0.717, 1.165) is 33.7 Å². The predicted molar refractivity (Wildman–Crippen MR) is 129 cm³/mol. The van der Waals surface area contributed by atoms with Gasteiger partial charge in [-0.3, -0.25) is 14.5 Å². The highest BCUT2D eigenvalue weighted by Crippen LogP contribution is 2.35. The van der Waals surface area contributed by atoms with Crippen LogP contribution in [0.5, 0.6) is 5.75 Å². The largest absolute Gasteiger partial charge is 0.506 e. The Bertz CT molecular complexity index is 1130. The minimum atomic E-state index is -0.291. The van der Waals surface area contributed by atoms with Crippen LogP contribution in [0, 0.1) is 7.14 Å². The van der Waals surface area contributed by atoms with Crippen LogP contribution >= 0.6 is 56.9 Å². The molecule has 1 aliphatic rings. The number of thioether (sulfide) groups is 1. The first-order valence-corrected chi connectivity index (χ1v) is 11.3. The van der Waals surface area contributed by atoms with Gasteiger partial charge in [0.2, 0.25) is 0 Å². The van der Waals surface area contributed by atoms with Gasteiger partial charge < -0.3 is 5.11 Å². The van der Waals surface area contributed by atoms with Crippen molar-refractivity contribution in [2.24, 2.45) is 0 Å². The van der Waals surface area contributed by atoms with Crippen molar-refractivity contribution in [1.29, 1.82) is 0 Å². The minimum Gasteiger partial charge on any atom is -0.506 e. The summed E-state index contributed by atoms with van der Waals surface area (Å²) in [7, 11) is 0. The number of amides is 2. The lowest BCUT2D eigenvalue weighted by molar-refractivity contribution is -0.123. The molecule has 1 heterocycles. The second kappa shape index (κ2) is 8.03. The summed E-state index contributed by atoms with van der Waals surface area (Å²) in [5.41, 5.74) is 1.72. The van der Waals surface area contributed by atoms with Gasteiger partial charge in [-0.25, -0.2) is 0 Å². The molecule has 1 saturated heterocycles. The highest BCUT2D eigenvalue weighted by molar-refractivity contribution is 14.1. The fraction of sp³-hybridized carbons (Fsp3) is 0.0476. The summed E-state index contributed by atoms with van der Waals surface area (Å²) in [6.07, 6.45) is 1.71. The Balaban J connectivity index is 1.64. The molecule has 28 heavy (non-hydrogen) atoms. The highest BCUT2D eigenvalue weighted by Gasteiger charge is 2.35. The first-order chi connectivity index (χ1) is 13.4. The molecule has 0 unspecified atom stereocenters. The predicted octanol–water partition coefficient (Wildman–Crippen LogP) is 5.99. The summed E-state index contributed by atoms with van der Waals surface area (Å²) in [5.74, 6) is -0.0663. The zero-order chi connectivity index (χ0) is 19.8. The number of imide groups is 1. The van der Waals surface area contributed by atoms with Gasteiger partial charge in [-0.2, -0.15) is 0 Å². The van der Waals surface area contributed by atoms with Crippen molar-refractivity contribution in [2.45, 2.75) is 6.54 Å². The standard InChI is InChI=1S/C21H13I2NO3S/c22-16-8-12(9-17(23)19(16)25)10-18-20(26)24(21(27)28-18)11-14-6-3-5-13-4-1-2-7-15(13)14/h1-10,25H,11H2/b18-10+. The Hall–Kier alpha value is -1.59. The van der Waals surface area contributed by atoms with E-state index in [1.54, 1.807) is 18.2 Å². The Morgan fingerprint density at radius 1 is 1.00 bits per heavy atom. The van der Waals surface area contributed by atoms with Crippen molar-refractivity contribution in [2.75, 3.05) is 0 Å². The molecular weight excluding hydrogens is 600 g/mol. The summed E-state index contributed by atoms with van der Waals surface area (Å²) < 4.78 is 1.40. The minimum absolute atomic E-state index is 0.224. The number of nitrogens with zero attached hydrogens (tertiary/aromatic N) is 1. The number of phenols is 1. The molecule has 4 nitrogen and oxygen atoms in total. The summed E-state index contributed by atoms with van der Waals surface area (Å²) in [6, 6.07) is 17.4. The van der Waals surface area contributed by atoms with E-state index in [4.69, 9.17) is 0 Å². The maximum Gasteiger partial charge on any atom is 0.293 e. The molecule has 1 aliphatic heterocycles. The Morgan fingerprint density at radius 2 is 1.68 bits per heavy atom. The van der Waals surface area contributed by atoms with E-state index < -0.39 is 0 Å². The third-order valence-corrected chi connectivity index (χ3v) is 6.97. The van der Waals surface area contributed by atoms with Gasteiger partial charge in [-0.1, -0.05) is 42.5 Å². The van der Waals surface area contributed by atoms with Crippen LogP contribution in [0.2, 0.25) is 0 Å². The van der Waals surface area contributed by atoms with Crippen LogP contribution in [0.3, 0.4) is 0 Å². The first-order valence-electron chi connectivity index (χ1n) is 8.34. The smallest absolute Gasteiger partial charge is 0.293 e. The van der Waals surface area contributed by atoms with Crippen LogP contribution in [0.4, 0.5) is 4.79 Å². The number of halogens is 2. The number of aromatic hydroxyl groups is 1. The molecule has 0 spiro atoms. The third-order valence-electron chi connectivity index (χ3n) is 4.42. The molecule has 1 fully saturated rings. The van der Waals surface area contributed by atoms with Crippen LogP contribution in [-0.4, -0.2) is 21.2 Å². The van der Waals surface area contributed by atoms with E-state index in [-0.39, 0.29) is 23.4 Å². The van der Waals surface area contributed by atoms with Crippen LogP contribution < -0.4 is 0 Å². The molecule has 0 radical (unpaired) electrons. The lowest BCUT2D eigenvalue weighted by Crippen LogP contribution is -2.27. The monoisotopic (exact) mass is 613 g/mol. The van der Waals surface area contributed by atoms with Gasteiger partial charge in [0.25, 0.3) is 11.1 Å². The molecule has 0 aromatic heterocycles. The van der Waals surface area contributed by atoms with Crippen molar-refractivity contribution < 1.29 is 14.7 Å². The lowest BCUT2D eigenvalue weighted by atomic mass is 10.0. The Morgan fingerprint density at radius 3 is 2.43 bits per heavy atom. The van der Waals surface area contributed by atoms with E-state index in [9.17, 15) is 14.7 Å². The van der Waals surface area contributed by atoms with Crippen LogP contribution in [-0.2, 0) is 11.3 Å². The van der Waals surface area contributed by atoms with Gasteiger partial charge >= 0.3 is 0 Å². The van der Waals surface area contributed by atoms with Crippen LogP contribution in [0.1, 0.15) is 11.1 Å². The number of hydrogen-bond donors (Lipinski definition) is 1.